The fraction of sp³-hybridized carbons (Fsp3) is 0.235. The predicted molar refractivity (Wildman–Crippen MR) is 97.6 cm³/mol. The van der Waals surface area contributed by atoms with Crippen LogP contribution in [0.3, 0.4) is 0 Å². The minimum Gasteiger partial charge on any atom is -0.457 e. The van der Waals surface area contributed by atoms with E-state index in [1.54, 1.807) is 36.4 Å². The van der Waals surface area contributed by atoms with E-state index in [-0.39, 0.29) is 12.5 Å². The van der Waals surface area contributed by atoms with Gasteiger partial charge >= 0.3 is 0 Å². The molecule has 0 aromatic heterocycles. The summed E-state index contributed by atoms with van der Waals surface area (Å²) < 4.78 is 30.5. The first-order valence-corrected chi connectivity index (χ1v) is 9.84. The number of carbonyl (C=O) groups is 1. The Balaban J connectivity index is 1.89. The van der Waals surface area contributed by atoms with Crippen molar-refractivity contribution in [1.82, 2.24) is 10.0 Å². The van der Waals surface area contributed by atoms with Crippen molar-refractivity contribution in [3.05, 3.63) is 60.2 Å². The molecule has 6 nitrogen and oxygen atoms in total. The van der Waals surface area contributed by atoms with Gasteiger partial charge in [0.05, 0.1) is 5.56 Å². The van der Waals surface area contributed by atoms with Crippen LogP contribution >= 0.6 is 11.6 Å². The molecule has 0 aliphatic rings. The number of sulfonamides is 1. The van der Waals surface area contributed by atoms with Crippen LogP contribution in [0.5, 0.6) is 11.5 Å². The van der Waals surface area contributed by atoms with Gasteiger partial charge in [0.2, 0.25) is 10.0 Å². The first-order valence-electron chi connectivity index (χ1n) is 7.65. The van der Waals surface area contributed by atoms with Gasteiger partial charge in [-0.3, -0.25) is 4.79 Å². The molecule has 8 heteroatoms. The van der Waals surface area contributed by atoms with Crippen molar-refractivity contribution in [3.8, 4) is 11.5 Å². The van der Waals surface area contributed by atoms with Gasteiger partial charge in [-0.15, -0.1) is 11.6 Å². The Morgan fingerprint density at radius 1 is 1.00 bits per heavy atom. The smallest absolute Gasteiger partial charge is 0.255 e. The number of carbonyl (C=O) groups excluding carboxylic acids is 1. The maximum Gasteiger partial charge on any atom is 0.255 e. The largest absolute Gasteiger partial charge is 0.457 e. The highest BCUT2D eigenvalue weighted by Gasteiger charge is 2.12. The van der Waals surface area contributed by atoms with Crippen LogP contribution < -0.4 is 14.8 Å². The Labute approximate surface area is 152 Å². The van der Waals surface area contributed by atoms with Crippen LogP contribution in [0.2, 0.25) is 0 Å². The minimum atomic E-state index is -3.43. The molecule has 2 aromatic carbocycles. The normalized spacial score (nSPS) is 11.1. The van der Waals surface area contributed by atoms with E-state index in [1.807, 2.05) is 18.2 Å². The number of hydrogen-bond acceptors (Lipinski definition) is 4. The van der Waals surface area contributed by atoms with Gasteiger partial charge in [-0.25, -0.2) is 13.1 Å². The summed E-state index contributed by atoms with van der Waals surface area (Å²) in [6.45, 7) is 0.529. The quantitative estimate of drug-likeness (QED) is 0.516. The van der Waals surface area contributed by atoms with Crippen molar-refractivity contribution < 1.29 is 17.9 Å². The lowest BCUT2D eigenvalue weighted by molar-refractivity contribution is 0.0951. The zero-order valence-electron chi connectivity index (χ0n) is 13.4. The molecule has 0 atom stereocenters. The standard InChI is InChI=1S/C17H19ClN2O4S/c18-13-25(22,23)20-12-6-11-19-17(21)15-9-4-5-10-16(15)24-14-7-2-1-3-8-14/h1-5,7-10,20H,6,11-13H2,(H,19,21). The molecule has 25 heavy (non-hydrogen) atoms. The van der Waals surface area contributed by atoms with E-state index in [0.717, 1.165) is 0 Å². The Morgan fingerprint density at radius 3 is 2.40 bits per heavy atom. The lowest BCUT2D eigenvalue weighted by atomic mass is 10.2. The second-order valence-corrected chi connectivity index (χ2v) is 7.53. The lowest BCUT2D eigenvalue weighted by Gasteiger charge is -2.11. The van der Waals surface area contributed by atoms with E-state index in [1.165, 1.54) is 0 Å². The molecule has 0 bridgehead atoms. The Bertz CT molecular complexity index is 797. The van der Waals surface area contributed by atoms with Gasteiger partial charge in [0, 0.05) is 13.1 Å². The van der Waals surface area contributed by atoms with Crippen molar-refractivity contribution in [2.75, 3.05) is 18.3 Å². The average Bonchev–Trinajstić information content (AvgIpc) is 2.62. The number of hydrogen-bond donors (Lipinski definition) is 2. The number of halogens is 1. The van der Waals surface area contributed by atoms with E-state index in [0.29, 0.717) is 30.0 Å². The molecule has 2 N–H and O–H groups in total. The number of amides is 1. The van der Waals surface area contributed by atoms with Gasteiger partial charge in [0.25, 0.3) is 5.91 Å². The van der Waals surface area contributed by atoms with Gasteiger partial charge in [0.15, 0.2) is 0 Å². The number of benzene rings is 2. The van der Waals surface area contributed by atoms with E-state index >= 15 is 0 Å². The second kappa shape index (κ2) is 9.41. The minimum absolute atomic E-state index is 0.206. The molecule has 134 valence electrons. The van der Waals surface area contributed by atoms with E-state index < -0.39 is 15.2 Å². The van der Waals surface area contributed by atoms with Crippen LogP contribution in [0.15, 0.2) is 54.6 Å². The first-order chi connectivity index (χ1) is 12.0. The maximum atomic E-state index is 12.3. The molecule has 0 aliphatic heterocycles. The highest BCUT2D eigenvalue weighted by atomic mass is 35.5. The predicted octanol–water partition coefficient (Wildman–Crippen LogP) is 2.71. The summed E-state index contributed by atoms with van der Waals surface area (Å²) in [6, 6.07) is 16.1. The summed E-state index contributed by atoms with van der Waals surface area (Å²) in [5, 5.41) is 2.26. The first kappa shape index (κ1) is 19.2. The SMILES string of the molecule is O=C(NCCCNS(=O)(=O)CCl)c1ccccc1Oc1ccccc1. The summed E-state index contributed by atoms with van der Waals surface area (Å²) in [7, 11) is -3.43. The van der Waals surface area contributed by atoms with Crippen LogP contribution in [-0.4, -0.2) is 32.6 Å². The van der Waals surface area contributed by atoms with Gasteiger partial charge < -0.3 is 10.1 Å². The van der Waals surface area contributed by atoms with Crippen LogP contribution in [0.25, 0.3) is 0 Å². The molecule has 0 fully saturated rings. The van der Waals surface area contributed by atoms with Crippen molar-refractivity contribution in [1.29, 1.82) is 0 Å². The fourth-order valence-corrected chi connectivity index (χ4v) is 2.77. The molecular formula is C17H19ClN2O4S. The molecular weight excluding hydrogens is 364 g/mol. The molecule has 0 spiro atoms. The molecule has 0 radical (unpaired) electrons. The summed E-state index contributed by atoms with van der Waals surface area (Å²) in [5.74, 6) is 0.805. The van der Waals surface area contributed by atoms with Crippen molar-refractivity contribution in [2.45, 2.75) is 6.42 Å². The number of ether oxygens (including phenoxy) is 1. The molecule has 2 rings (SSSR count). The van der Waals surface area contributed by atoms with E-state index in [2.05, 4.69) is 10.0 Å². The van der Waals surface area contributed by atoms with Crippen molar-refractivity contribution in [3.63, 3.8) is 0 Å². The van der Waals surface area contributed by atoms with Crippen LogP contribution in [0.1, 0.15) is 16.8 Å². The third kappa shape index (κ3) is 6.38. The Hall–Kier alpha value is -2.09. The van der Waals surface area contributed by atoms with Crippen molar-refractivity contribution >= 4 is 27.5 Å². The summed E-state index contributed by atoms with van der Waals surface area (Å²) in [4.78, 5) is 12.3. The summed E-state index contributed by atoms with van der Waals surface area (Å²) >= 11 is 5.29. The highest BCUT2D eigenvalue weighted by Crippen LogP contribution is 2.24. The van der Waals surface area contributed by atoms with Crippen LogP contribution in [-0.2, 0) is 10.0 Å². The Morgan fingerprint density at radius 2 is 1.68 bits per heavy atom. The zero-order valence-corrected chi connectivity index (χ0v) is 15.0. The van der Waals surface area contributed by atoms with Crippen LogP contribution in [0.4, 0.5) is 0 Å². The molecule has 0 unspecified atom stereocenters. The molecule has 0 heterocycles. The van der Waals surface area contributed by atoms with E-state index in [9.17, 15) is 13.2 Å². The van der Waals surface area contributed by atoms with Gasteiger partial charge in [-0.1, -0.05) is 30.3 Å². The zero-order chi connectivity index (χ0) is 18.1. The fourth-order valence-electron chi connectivity index (χ4n) is 2.01. The average molecular weight is 383 g/mol. The molecule has 0 saturated carbocycles. The number of rotatable bonds is 9. The van der Waals surface area contributed by atoms with Crippen LogP contribution in [0, 0.1) is 0 Å². The third-order valence-electron chi connectivity index (χ3n) is 3.21. The second-order valence-electron chi connectivity index (χ2n) is 5.14. The molecule has 2 aromatic rings. The Kier molecular flexibility index (Phi) is 7.24. The highest BCUT2D eigenvalue weighted by molar-refractivity contribution is 7.90. The van der Waals surface area contributed by atoms with Gasteiger partial charge in [-0.2, -0.15) is 0 Å². The lowest BCUT2D eigenvalue weighted by Crippen LogP contribution is -2.30. The summed E-state index contributed by atoms with van der Waals surface area (Å²) in [6.07, 6.45) is 0.448. The third-order valence-corrected chi connectivity index (χ3v) is 5.00. The topological polar surface area (TPSA) is 84.5 Å². The molecule has 1 amide bonds. The van der Waals surface area contributed by atoms with Gasteiger partial charge in [-0.05, 0) is 30.7 Å². The number of nitrogens with one attached hydrogen (secondary N) is 2. The number of alkyl halides is 1. The summed E-state index contributed by atoms with van der Waals surface area (Å²) in [5.41, 5.74) is 0.410. The van der Waals surface area contributed by atoms with Gasteiger partial charge in [0.1, 0.15) is 16.7 Å². The molecule has 0 aliphatic carbocycles. The molecule has 0 saturated heterocycles. The monoisotopic (exact) mass is 382 g/mol. The number of para-hydroxylation sites is 2. The van der Waals surface area contributed by atoms with E-state index in [4.69, 9.17) is 16.3 Å². The maximum absolute atomic E-state index is 12.3. The van der Waals surface area contributed by atoms with Crippen molar-refractivity contribution in [2.24, 2.45) is 0 Å².